The highest BCUT2D eigenvalue weighted by Crippen LogP contribution is 2.19. The number of nitrogens with zero attached hydrogens (tertiary/aromatic N) is 1. The minimum Gasteiger partial charge on any atom is -0.356 e. The minimum atomic E-state index is 0.0741. The lowest BCUT2D eigenvalue weighted by Gasteiger charge is -2.32. The van der Waals surface area contributed by atoms with Gasteiger partial charge in [0.25, 0.3) is 0 Å². The van der Waals surface area contributed by atoms with Gasteiger partial charge in [0, 0.05) is 31.0 Å². The number of hydrogen-bond donors (Lipinski definition) is 1. The number of carbonyl (C=O) groups is 1. The molecule has 1 aromatic rings. The topological polar surface area (TPSA) is 32.3 Å². The summed E-state index contributed by atoms with van der Waals surface area (Å²) in [5, 5.41) is 2.94. The van der Waals surface area contributed by atoms with Gasteiger partial charge < -0.3 is 5.32 Å². The zero-order valence-corrected chi connectivity index (χ0v) is 12.9. The third kappa shape index (κ3) is 4.96. The Bertz CT molecular complexity index is 419. The molecule has 1 saturated heterocycles. The molecule has 19 heavy (non-hydrogen) atoms. The standard InChI is InChI=1S/C15H21BrN2O/c1-12(19)17-9-14-3-2-8-18(11-14)10-13-4-6-15(16)7-5-13/h4-7,14H,2-3,8-11H2,1H3,(H,17,19). The average molecular weight is 325 g/mol. The second-order valence-corrected chi connectivity index (χ2v) is 6.22. The van der Waals surface area contributed by atoms with Crippen molar-refractivity contribution in [3.63, 3.8) is 0 Å². The van der Waals surface area contributed by atoms with Crippen molar-refractivity contribution in [2.45, 2.75) is 26.3 Å². The summed E-state index contributed by atoms with van der Waals surface area (Å²) in [7, 11) is 0. The Hall–Kier alpha value is -0.870. The molecule has 1 aliphatic rings. The fourth-order valence-corrected chi connectivity index (χ4v) is 2.86. The van der Waals surface area contributed by atoms with Crippen molar-refractivity contribution in [2.75, 3.05) is 19.6 Å². The second kappa shape index (κ2) is 7.06. The number of hydrogen-bond acceptors (Lipinski definition) is 2. The summed E-state index contributed by atoms with van der Waals surface area (Å²) in [5.74, 6) is 0.665. The normalized spacial score (nSPS) is 20.2. The predicted octanol–water partition coefficient (Wildman–Crippen LogP) is 2.80. The van der Waals surface area contributed by atoms with Crippen LogP contribution in [0.1, 0.15) is 25.3 Å². The molecule has 0 spiro atoms. The molecule has 1 fully saturated rings. The predicted molar refractivity (Wildman–Crippen MR) is 80.8 cm³/mol. The largest absolute Gasteiger partial charge is 0.356 e. The molecule has 0 bridgehead atoms. The van der Waals surface area contributed by atoms with Crippen LogP contribution in [0.3, 0.4) is 0 Å². The highest BCUT2D eigenvalue weighted by Gasteiger charge is 2.19. The zero-order valence-electron chi connectivity index (χ0n) is 11.4. The molecule has 0 radical (unpaired) electrons. The first-order valence-corrected chi connectivity index (χ1v) is 7.64. The Morgan fingerprint density at radius 2 is 2.16 bits per heavy atom. The molecule has 0 aromatic heterocycles. The molecule has 0 aliphatic carbocycles. The van der Waals surface area contributed by atoms with E-state index in [1.165, 1.54) is 18.4 Å². The number of halogens is 1. The molecule has 3 nitrogen and oxygen atoms in total. The van der Waals surface area contributed by atoms with Gasteiger partial charge in [-0.3, -0.25) is 9.69 Å². The molecule has 2 rings (SSSR count). The summed E-state index contributed by atoms with van der Waals surface area (Å²) in [6.07, 6.45) is 2.44. The maximum absolute atomic E-state index is 11.0. The molecule has 1 aliphatic heterocycles. The Balaban J connectivity index is 1.83. The Kier molecular flexibility index (Phi) is 5.40. The molecule has 4 heteroatoms. The van der Waals surface area contributed by atoms with E-state index in [9.17, 15) is 4.79 Å². The quantitative estimate of drug-likeness (QED) is 0.923. The van der Waals surface area contributed by atoms with Gasteiger partial charge >= 0.3 is 0 Å². The molecule has 104 valence electrons. The van der Waals surface area contributed by atoms with Crippen molar-refractivity contribution in [1.82, 2.24) is 10.2 Å². The van der Waals surface area contributed by atoms with E-state index >= 15 is 0 Å². The van der Waals surface area contributed by atoms with E-state index in [2.05, 4.69) is 50.4 Å². The van der Waals surface area contributed by atoms with Gasteiger partial charge in [0.15, 0.2) is 0 Å². The molecule has 1 heterocycles. The van der Waals surface area contributed by atoms with Crippen molar-refractivity contribution in [3.8, 4) is 0 Å². The average Bonchev–Trinajstić information content (AvgIpc) is 2.40. The van der Waals surface area contributed by atoms with Crippen LogP contribution < -0.4 is 5.32 Å². The fraction of sp³-hybridized carbons (Fsp3) is 0.533. The van der Waals surface area contributed by atoms with Crippen LogP contribution in [-0.2, 0) is 11.3 Å². The number of piperidine rings is 1. The number of likely N-dealkylation sites (tertiary alicyclic amines) is 1. The molecule has 0 saturated carbocycles. The third-order valence-electron chi connectivity index (χ3n) is 3.56. The number of rotatable bonds is 4. The van der Waals surface area contributed by atoms with Crippen LogP contribution in [0.15, 0.2) is 28.7 Å². The van der Waals surface area contributed by atoms with E-state index in [4.69, 9.17) is 0 Å². The van der Waals surface area contributed by atoms with Crippen molar-refractivity contribution in [1.29, 1.82) is 0 Å². The maximum Gasteiger partial charge on any atom is 0.216 e. The molecular formula is C15H21BrN2O. The van der Waals surface area contributed by atoms with Crippen molar-refractivity contribution >= 4 is 21.8 Å². The lowest BCUT2D eigenvalue weighted by atomic mass is 9.97. The van der Waals surface area contributed by atoms with E-state index in [1.54, 1.807) is 6.92 Å². The summed E-state index contributed by atoms with van der Waals surface area (Å²) in [6, 6.07) is 8.52. The summed E-state index contributed by atoms with van der Waals surface area (Å²) in [4.78, 5) is 13.4. The molecule has 1 amide bonds. The SMILES string of the molecule is CC(=O)NCC1CCCN(Cc2ccc(Br)cc2)C1. The van der Waals surface area contributed by atoms with Crippen LogP contribution in [-0.4, -0.2) is 30.4 Å². The number of nitrogens with one attached hydrogen (secondary N) is 1. The molecular weight excluding hydrogens is 304 g/mol. The second-order valence-electron chi connectivity index (χ2n) is 5.31. The van der Waals surface area contributed by atoms with E-state index in [0.29, 0.717) is 5.92 Å². The first-order valence-electron chi connectivity index (χ1n) is 6.85. The molecule has 1 aromatic carbocycles. The van der Waals surface area contributed by atoms with E-state index in [0.717, 1.165) is 30.7 Å². The van der Waals surface area contributed by atoms with Crippen molar-refractivity contribution < 1.29 is 4.79 Å². The van der Waals surface area contributed by atoms with Crippen molar-refractivity contribution in [3.05, 3.63) is 34.3 Å². The summed E-state index contributed by atoms with van der Waals surface area (Å²) in [6.45, 7) is 5.64. The summed E-state index contributed by atoms with van der Waals surface area (Å²) >= 11 is 3.46. The van der Waals surface area contributed by atoms with Gasteiger partial charge in [0.1, 0.15) is 0 Å². The Labute approximate surface area is 123 Å². The van der Waals surface area contributed by atoms with Gasteiger partial charge in [0.2, 0.25) is 5.91 Å². The Morgan fingerprint density at radius 1 is 1.42 bits per heavy atom. The lowest BCUT2D eigenvalue weighted by Crippen LogP contribution is -2.40. The first-order chi connectivity index (χ1) is 9.13. The van der Waals surface area contributed by atoms with Crippen LogP contribution in [0.4, 0.5) is 0 Å². The van der Waals surface area contributed by atoms with Gasteiger partial charge in [-0.1, -0.05) is 28.1 Å². The zero-order chi connectivity index (χ0) is 13.7. The molecule has 1 unspecified atom stereocenters. The van der Waals surface area contributed by atoms with Gasteiger partial charge in [-0.05, 0) is 43.0 Å². The highest BCUT2D eigenvalue weighted by molar-refractivity contribution is 9.10. The minimum absolute atomic E-state index is 0.0741. The summed E-state index contributed by atoms with van der Waals surface area (Å²) in [5.41, 5.74) is 1.35. The van der Waals surface area contributed by atoms with Crippen LogP contribution in [0.25, 0.3) is 0 Å². The first kappa shape index (κ1) is 14.5. The monoisotopic (exact) mass is 324 g/mol. The fourth-order valence-electron chi connectivity index (χ4n) is 2.60. The molecule has 1 N–H and O–H groups in total. The number of benzene rings is 1. The lowest BCUT2D eigenvalue weighted by molar-refractivity contribution is -0.119. The Morgan fingerprint density at radius 3 is 2.84 bits per heavy atom. The van der Waals surface area contributed by atoms with E-state index in [1.807, 2.05) is 0 Å². The number of carbonyl (C=O) groups excluding carboxylic acids is 1. The third-order valence-corrected chi connectivity index (χ3v) is 4.09. The van der Waals surface area contributed by atoms with Gasteiger partial charge in [0.05, 0.1) is 0 Å². The van der Waals surface area contributed by atoms with E-state index in [-0.39, 0.29) is 5.91 Å². The molecule has 1 atom stereocenters. The van der Waals surface area contributed by atoms with Crippen molar-refractivity contribution in [2.24, 2.45) is 5.92 Å². The van der Waals surface area contributed by atoms with E-state index < -0.39 is 0 Å². The van der Waals surface area contributed by atoms with Crippen LogP contribution >= 0.6 is 15.9 Å². The van der Waals surface area contributed by atoms with Gasteiger partial charge in [-0.2, -0.15) is 0 Å². The van der Waals surface area contributed by atoms with Gasteiger partial charge in [-0.15, -0.1) is 0 Å². The highest BCUT2D eigenvalue weighted by atomic mass is 79.9. The van der Waals surface area contributed by atoms with Crippen LogP contribution in [0.5, 0.6) is 0 Å². The van der Waals surface area contributed by atoms with Gasteiger partial charge in [-0.25, -0.2) is 0 Å². The smallest absolute Gasteiger partial charge is 0.216 e. The van der Waals surface area contributed by atoms with Crippen LogP contribution in [0.2, 0.25) is 0 Å². The maximum atomic E-state index is 11.0. The van der Waals surface area contributed by atoms with Crippen LogP contribution in [0, 0.1) is 5.92 Å². The number of amides is 1. The summed E-state index contributed by atoms with van der Waals surface area (Å²) < 4.78 is 1.12.